The fourth-order valence-corrected chi connectivity index (χ4v) is 2.81. The first-order valence-electron chi connectivity index (χ1n) is 5.18. The number of alkyl halides is 1. The molecule has 1 unspecified atom stereocenters. The van der Waals surface area contributed by atoms with Crippen LogP contribution in [0.25, 0.3) is 0 Å². The summed E-state index contributed by atoms with van der Waals surface area (Å²) in [6.45, 7) is 3.94. The smallest absolute Gasteiger partial charge is 0.129 e. The van der Waals surface area contributed by atoms with Crippen LogP contribution in [0.5, 0.6) is 0 Å². The molecule has 2 rings (SSSR count). The molecule has 14 heavy (non-hydrogen) atoms. The summed E-state index contributed by atoms with van der Waals surface area (Å²) in [6.07, 6.45) is 1.19. The van der Waals surface area contributed by atoms with E-state index in [1.807, 2.05) is 18.4 Å². The van der Waals surface area contributed by atoms with Gasteiger partial charge >= 0.3 is 0 Å². The lowest BCUT2D eigenvalue weighted by Gasteiger charge is -2.25. The molecule has 0 aliphatic carbocycles. The number of nitrogens with one attached hydrogen (secondary N) is 1. The monoisotopic (exact) mass is 213 g/mol. The van der Waals surface area contributed by atoms with Gasteiger partial charge in [-0.25, -0.2) is 4.39 Å². The van der Waals surface area contributed by atoms with Gasteiger partial charge in [0.05, 0.1) is 0 Å². The molecule has 0 amide bonds. The van der Waals surface area contributed by atoms with Crippen LogP contribution in [0.4, 0.5) is 4.39 Å². The van der Waals surface area contributed by atoms with Gasteiger partial charge in [-0.3, -0.25) is 0 Å². The Kier molecular flexibility index (Phi) is 3.19. The summed E-state index contributed by atoms with van der Waals surface area (Å²) in [5.74, 6) is 0.226. The largest absolute Gasteiger partial charge is 0.317 e. The Morgan fingerprint density at radius 2 is 2.21 bits per heavy atom. The third-order valence-corrected chi connectivity index (χ3v) is 3.86. The van der Waals surface area contributed by atoms with Gasteiger partial charge in [0.15, 0.2) is 0 Å². The molecular weight excluding hydrogens is 197 g/mol. The standard InChI is InChI=1S/C11H16FNS/c1-8-10(4-7-14-8)11(12)9-2-5-13-6-3-9/h4,7,9,11,13H,2-3,5-6H2,1H3. The molecule has 1 aliphatic heterocycles. The molecule has 78 valence electrons. The fourth-order valence-electron chi connectivity index (χ4n) is 2.07. The van der Waals surface area contributed by atoms with Crippen LogP contribution in [0.1, 0.15) is 29.5 Å². The minimum absolute atomic E-state index is 0.226. The average molecular weight is 213 g/mol. The van der Waals surface area contributed by atoms with E-state index in [0.29, 0.717) is 0 Å². The topological polar surface area (TPSA) is 12.0 Å². The molecule has 3 heteroatoms. The molecular formula is C11H16FNS. The van der Waals surface area contributed by atoms with Crippen LogP contribution in [-0.4, -0.2) is 13.1 Å². The van der Waals surface area contributed by atoms with Gasteiger partial charge in [-0.15, -0.1) is 11.3 Å². The van der Waals surface area contributed by atoms with E-state index in [-0.39, 0.29) is 5.92 Å². The van der Waals surface area contributed by atoms with E-state index in [1.54, 1.807) is 11.3 Å². The lowest BCUT2D eigenvalue weighted by molar-refractivity contribution is 0.190. The summed E-state index contributed by atoms with van der Waals surface area (Å²) in [5, 5.41) is 5.25. The molecule has 2 heterocycles. The Balaban J connectivity index is 2.07. The highest BCUT2D eigenvalue weighted by molar-refractivity contribution is 7.10. The number of hydrogen-bond donors (Lipinski definition) is 1. The lowest BCUT2D eigenvalue weighted by atomic mass is 9.89. The molecule has 0 spiro atoms. The summed E-state index contributed by atoms with van der Waals surface area (Å²) in [7, 11) is 0. The van der Waals surface area contributed by atoms with Gasteiger partial charge in [0.25, 0.3) is 0 Å². The van der Waals surface area contributed by atoms with Gasteiger partial charge < -0.3 is 5.32 Å². The van der Waals surface area contributed by atoms with Gasteiger partial charge in [0.2, 0.25) is 0 Å². The van der Waals surface area contributed by atoms with Crippen LogP contribution in [0, 0.1) is 12.8 Å². The third kappa shape index (κ3) is 1.98. The number of hydrogen-bond acceptors (Lipinski definition) is 2. The fraction of sp³-hybridized carbons (Fsp3) is 0.636. The molecule has 1 nitrogen and oxygen atoms in total. The molecule has 1 fully saturated rings. The first kappa shape index (κ1) is 10.1. The van der Waals surface area contributed by atoms with E-state index in [1.165, 1.54) is 0 Å². The zero-order valence-electron chi connectivity index (χ0n) is 8.42. The van der Waals surface area contributed by atoms with Crippen molar-refractivity contribution >= 4 is 11.3 Å². The summed E-state index contributed by atoms with van der Waals surface area (Å²) in [6, 6.07) is 1.94. The number of halogens is 1. The van der Waals surface area contributed by atoms with Gasteiger partial charge in [-0.1, -0.05) is 0 Å². The summed E-state index contributed by atoms with van der Waals surface area (Å²) < 4.78 is 14.1. The van der Waals surface area contributed by atoms with Crippen LogP contribution >= 0.6 is 11.3 Å². The van der Waals surface area contributed by atoms with Gasteiger partial charge in [-0.05, 0) is 55.8 Å². The minimum atomic E-state index is -0.747. The van der Waals surface area contributed by atoms with Crippen molar-refractivity contribution in [3.63, 3.8) is 0 Å². The van der Waals surface area contributed by atoms with Crippen molar-refractivity contribution in [3.8, 4) is 0 Å². The van der Waals surface area contributed by atoms with Crippen LogP contribution in [0.15, 0.2) is 11.4 Å². The maximum Gasteiger partial charge on any atom is 0.129 e. The second kappa shape index (κ2) is 4.41. The molecule has 1 atom stereocenters. The van der Waals surface area contributed by atoms with Crippen LogP contribution < -0.4 is 5.32 Å². The van der Waals surface area contributed by atoms with Gasteiger partial charge in [-0.2, -0.15) is 0 Å². The molecule has 0 radical (unpaired) electrons. The summed E-state index contributed by atoms with van der Waals surface area (Å²) in [5.41, 5.74) is 0.918. The van der Waals surface area contributed by atoms with Crippen molar-refractivity contribution in [2.45, 2.75) is 25.9 Å². The number of piperidine rings is 1. The van der Waals surface area contributed by atoms with Crippen molar-refractivity contribution in [3.05, 3.63) is 21.9 Å². The quantitative estimate of drug-likeness (QED) is 0.796. The van der Waals surface area contributed by atoms with E-state index >= 15 is 0 Å². The van der Waals surface area contributed by atoms with E-state index in [0.717, 1.165) is 36.4 Å². The second-order valence-electron chi connectivity index (χ2n) is 3.92. The Hall–Kier alpha value is -0.410. The normalized spacial score (nSPS) is 21.0. The van der Waals surface area contributed by atoms with Gasteiger partial charge in [0.1, 0.15) is 6.17 Å². The van der Waals surface area contributed by atoms with Crippen LogP contribution in [-0.2, 0) is 0 Å². The lowest BCUT2D eigenvalue weighted by Crippen LogP contribution is -2.29. The molecule has 1 aliphatic rings. The predicted octanol–water partition coefficient (Wildman–Crippen LogP) is 3.07. The molecule has 1 aromatic heterocycles. The maximum atomic E-state index is 14.1. The number of thiophene rings is 1. The van der Waals surface area contributed by atoms with Crippen molar-refractivity contribution < 1.29 is 4.39 Å². The summed E-state index contributed by atoms with van der Waals surface area (Å²) >= 11 is 1.64. The van der Waals surface area contributed by atoms with Crippen molar-refractivity contribution in [1.29, 1.82) is 0 Å². The van der Waals surface area contributed by atoms with Crippen molar-refractivity contribution in [1.82, 2.24) is 5.32 Å². The van der Waals surface area contributed by atoms with Crippen LogP contribution in [0.3, 0.4) is 0 Å². The molecule has 1 N–H and O–H groups in total. The molecule has 1 aromatic rings. The highest BCUT2D eigenvalue weighted by atomic mass is 32.1. The van der Waals surface area contributed by atoms with E-state index in [9.17, 15) is 4.39 Å². The van der Waals surface area contributed by atoms with E-state index in [4.69, 9.17) is 0 Å². The zero-order chi connectivity index (χ0) is 9.97. The predicted molar refractivity (Wildman–Crippen MR) is 58.5 cm³/mol. The number of rotatable bonds is 2. The Morgan fingerprint density at radius 3 is 2.79 bits per heavy atom. The highest BCUT2D eigenvalue weighted by Crippen LogP contribution is 2.35. The van der Waals surface area contributed by atoms with E-state index in [2.05, 4.69) is 5.32 Å². The average Bonchev–Trinajstić information content (AvgIpc) is 2.65. The van der Waals surface area contributed by atoms with E-state index < -0.39 is 6.17 Å². The SMILES string of the molecule is Cc1sccc1C(F)C1CCNCC1. The Labute approximate surface area is 88.3 Å². The van der Waals surface area contributed by atoms with Gasteiger partial charge in [0, 0.05) is 4.88 Å². The zero-order valence-corrected chi connectivity index (χ0v) is 9.24. The second-order valence-corrected chi connectivity index (χ2v) is 5.04. The summed E-state index contributed by atoms with van der Waals surface area (Å²) in [4.78, 5) is 1.14. The first-order chi connectivity index (χ1) is 6.79. The molecule has 0 bridgehead atoms. The third-order valence-electron chi connectivity index (χ3n) is 2.99. The number of aryl methyl sites for hydroxylation is 1. The minimum Gasteiger partial charge on any atom is -0.317 e. The van der Waals surface area contributed by atoms with Crippen molar-refractivity contribution in [2.24, 2.45) is 5.92 Å². The van der Waals surface area contributed by atoms with Crippen LogP contribution in [0.2, 0.25) is 0 Å². The molecule has 1 saturated heterocycles. The van der Waals surface area contributed by atoms with Crippen molar-refractivity contribution in [2.75, 3.05) is 13.1 Å². The highest BCUT2D eigenvalue weighted by Gasteiger charge is 2.25. The molecule has 0 saturated carbocycles. The first-order valence-corrected chi connectivity index (χ1v) is 6.06. The Morgan fingerprint density at radius 1 is 1.50 bits per heavy atom. The molecule has 0 aromatic carbocycles. The maximum absolute atomic E-state index is 14.1. The Bertz CT molecular complexity index is 291.